The number of nitrogens with one attached hydrogen (secondary N) is 1. The summed E-state index contributed by atoms with van der Waals surface area (Å²) in [6.45, 7) is 1.41. The minimum absolute atomic E-state index is 0.0805. The van der Waals surface area contributed by atoms with Crippen LogP contribution in [0, 0.1) is 0 Å². The summed E-state index contributed by atoms with van der Waals surface area (Å²) in [5, 5.41) is 3.05. The Bertz CT molecular complexity index is 930. The SMILES string of the molecule is O=C(Cc1ccc2c(c1)CCCC2)NCCc1nccn1Cc1ccccc1. The number of hydrogen-bond acceptors (Lipinski definition) is 2. The predicted molar refractivity (Wildman–Crippen MR) is 111 cm³/mol. The van der Waals surface area contributed by atoms with E-state index in [2.05, 4.69) is 45.2 Å². The molecule has 2 aromatic carbocycles. The Hall–Kier alpha value is -2.88. The lowest BCUT2D eigenvalue weighted by Crippen LogP contribution is -2.28. The molecule has 0 saturated carbocycles. The van der Waals surface area contributed by atoms with E-state index < -0.39 is 0 Å². The Kier molecular flexibility index (Phi) is 5.86. The fraction of sp³-hybridized carbons (Fsp3) is 0.333. The second-order valence-corrected chi connectivity index (χ2v) is 7.54. The Morgan fingerprint density at radius 3 is 2.68 bits per heavy atom. The summed E-state index contributed by atoms with van der Waals surface area (Å²) in [4.78, 5) is 16.8. The normalized spacial score (nSPS) is 13.1. The van der Waals surface area contributed by atoms with Gasteiger partial charge in [-0.25, -0.2) is 4.98 Å². The zero-order valence-electron chi connectivity index (χ0n) is 16.2. The monoisotopic (exact) mass is 373 g/mol. The maximum atomic E-state index is 12.3. The van der Waals surface area contributed by atoms with Gasteiger partial charge in [-0.05, 0) is 47.9 Å². The average Bonchev–Trinajstić information content (AvgIpc) is 3.15. The van der Waals surface area contributed by atoms with E-state index in [4.69, 9.17) is 0 Å². The second-order valence-electron chi connectivity index (χ2n) is 7.54. The van der Waals surface area contributed by atoms with Crippen LogP contribution in [0.1, 0.15) is 40.9 Å². The standard InChI is InChI=1S/C24H27N3O/c28-24(17-20-10-11-21-8-4-5-9-22(21)16-20)26-13-12-23-25-14-15-27(23)18-19-6-2-1-3-7-19/h1-3,6-7,10-11,14-16H,4-5,8-9,12-13,17-18H2,(H,26,28). The van der Waals surface area contributed by atoms with Crippen molar-refractivity contribution in [3.8, 4) is 0 Å². The molecule has 4 rings (SSSR count). The highest BCUT2D eigenvalue weighted by atomic mass is 16.1. The molecule has 4 nitrogen and oxygen atoms in total. The van der Waals surface area contributed by atoms with E-state index in [9.17, 15) is 4.79 Å². The first-order chi connectivity index (χ1) is 13.8. The number of aryl methyl sites for hydroxylation is 2. The summed E-state index contributed by atoms with van der Waals surface area (Å²) in [6, 6.07) is 16.9. The smallest absolute Gasteiger partial charge is 0.224 e. The van der Waals surface area contributed by atoms with E-state index in [0.29, 0.717) is 13.0 Å². The lowest BCUT2D eigenvalue weighted by molar-refractivity contribution is -0.120. The molecule has 0 bridgehead atoms. The van der Waals surface area contributed by atoms with E-state index >= 15 is 0 Å². The Morgan fingerprint density at radius 2 is 1.82 bits per heavy atom. The van der Waals surface area contributed by atoms with Gasteiger partial charge in [0.25, 0.3) is 0 Å². The molecule has 28 heavy (non-hydrogen) atoms. The first kappa shape index (κ1) is 18.5. The largest absolute Gasteiger partial charge is 0.355 e. The van der Waals surface area contributed by atoms with Crippen molar-refractivity contribution in [2.24, 2.45) is 0 Å². The van der Waals surface area contributed by atoms with E-state index in [1.165, 1.54) is 36.0 Å². The van der Waals surface area contributed by atoms with Gasteiger partial charge in [0.1, 0.15) is 5.82 Å². The summed E-state index contributed by atoms with van der Waals surface area (Å²) >= 11 is 0. The van der Waals surface area contributed by atoms with E-state index in [1.807, 2.05) is 30.6 Å². The molecule has 4 heteroatoms. The van der Waals surface area contributed by atoms with Crippen molar-refractivity contribution >= 4 is 5.91 Å². The van der Waals surface area contributed by atoms with Crippen molar-refractivity contribution in [3.63, 3.8) is 0 Å². The number of carbonyl (C=O) groups is 1. The molecule has 1 aliphatic rings. The van der Waals surface area contributed by atoms with Crippen LogP contribution in [0.25, 0.3) is 0 Å². The van der Waals surface area contributed by atoms with Crippen LogP contribution in [-0.2, 0) is 37.0 Å². The van der Waals surface area contributed by atoms with Gasteiger partial charge in [0.15, 0.2) is 0 Å². The first-order valence-electron chi connectivity index (χ1n) is 10.2. The molecule has 0 saturated heterocycles. The molecule has 0 atom stereocenters. The van der Waals surface area contributed by atoms with Gasteiger partial charge < -0.3 is 9.88 Å². The van der Waals surface area contributed by atoms with Gasteiger partial charge >= 0.3 is 0 Å². The minimum Gasteiger partial charge on any atom is -0.355 e. The van der Waals surface area contributed by atoms with E-state index in [0.717, 1.165) is 30.8 Å². The third-order valence-corrected chi connectivity index (χ3v) is 5.45. The Labute approximate surface area is 166 Å². The number of amides is 1. The number of aromatic nitrogens is 2. The molecule has 1 N–H and O–H groups in total. The minimum atomic E-state index is 0.0805. The van der Waals surface area contributed by atoms with Crippen molar-refractivity contribution < 1.29 is 4.79 Å². The molecule has 0 radical (unpaired) electrons. The van der Waals surface area contributed by atoms with Crippen molar-refractivity contribution in [1.82, 2.24) is 14.9 Å². The average molecular weight is 374 g/mol. The maximum absolute atomic E-state index is 12.3. The molecular weight excluding hydrogens is 346 g/mol. The third-order valence-electron chi connectivity index (χ3n) is 5.45. The molecule has 0 spiro atoms. The molecule has 1 aliphatic carbocycles. The fourth-order valence-corrected chi connectivity index (χ4v) is 3.95. The number of benzene rings is 2. The second kappa shape index (κ2) is 8.87. The fourth-order valence-electron chi connectivity index (χ4n) is 3.95. The number of carbonyl (C=O) groups excluding carboxylic acids is 1. The highest BCUT2D eigenvalue weighted by Gasteiger charge is 2.11. The van der Waals surface area contributed by atoms with E-state index in [1.54, 1.807) is 0 Å². The summed E-state index contributed by atoms with van der Waals surface area (Å²) in [6.07, 6.45) is 9.88. The van der Waals surface area contributed by atoms with Gasteiger partial charge in [-0.1, -0.05) is 48.5 Å². The van der Waals surface area contributed by atoms with Crippen molar-refractivity contribution in [2.45, 2.75) is 45.1 Å². The van der Waals surface area contributed by atoms with Crippen LogP contribution < -0.4 is 5.32 Å². The summed E-state index contributed by atoms with van der Waals surface area (Å²) in [5.41, 5.74) is 5.25. The molecule has 0 fully saturated rings. The van der Waals surface area contributed by atoms with Crippen LogP contribution in [0.15, 0.2) is 60.9 Å². The van der Waals surface area contributed by atoms with Crippen LogP contribution in [0.2, 0.25) is 0 Å². The zero-order valence-corrected chi connectivity index (χ0v) is 16.2. The molecular formula is C24H27N3O. The number of nitrogens with zero attached hydrogens (tertiary/aromatic N) is 2. The molecule has 3 aromatic rings. The van der Waals surface area contributed by atoms with Crippen molar-refractivity contribution in [3.05, 3.63) is 89.0 Å². The van der Waals surface area contributed by atoms with Crippen molar-refractivity contribution in [2.75, 3.05) is 6.54 Å². The highest BCUT2D eigenvalue weighted by Crippen LogP contribution is 2.22. The number of fused-ring (bicyclic) bond motifs is 1. The molecule has 1 heterocycles. The topological polar surface area (TPSA) is 46.9 Å². The Balaban J connectivity index is 1.27. The highest BCUT2D eigenvalue weighted by molar-refractivity contribution is 5.78. The van der Waals surface area contributed by atoms with E-state index in [-0.39, 0.29) is 5.91 Å². The lowest BCUT2D eigenvalue weighted by Gasteiger charge is -2.16. The van der Waals surface area contributed by atoms with Crippen LogP contribution in [0.3, 0.4) is 0 Å². The van der Waals surface area contributed by atoms with Crippen LogP contribution >= 0.6 is 0 Å². The van der Waals surface area contributed by atoms with Crippen LogP contribution in [0.4, 0.5) is 0 Å². The molecule has 0 aliphatic heterocycles. The molecule has 1 aromatic heterocycles. The molecule has 144 valence electrons. The first-order valence-corrected chi connectivity index (χ1v) is 10.2. The zero-order chi connectivity index (χ0) is 19.2. The van der Waals surface area contributed by atoms with Gasteiger partial charge in [-0.15, -0.1) is 0 Å². The Morgan fingerprint density at radius 1 is 1.00 bits per heavy atom. The quantitative estimate of drug-likeness (QED) is 0.686. The number of rotatable bonds is 7. The molecule has 0 unspecified atom stereocenters. The van der Waals surface area contributed by atoms with Gasteiger partial charge in [-0.3, -0.25) is 4.79 Å². The summed E-state index contributed by atoms with van der Waals surface area (Å²) in [7, 11) is 0. The third kappa shape index (κ3) is 4.69. The lowest BCUT2D eigenvalue weighted by atomic mass is 9.90. The number of imidazole rings is 1. The maximum Gasteiger partial charge on any atom is 0.224 e. The summed E-state index contributed by atoms with van der Waals surface area (Å²) in [5.74, 6) is 1.08. The number of hydrogen-bond donors (Lipinski definition) is 1. The molecule has 1 amide bonds. The van der Waals surface area contributed by atoms with Gasteiger partial charge in [0, 0.05) is 31.9 Å². The predicted octanol–water partition coefficient (Wildman–Crippen LogP) is 3.71. The van der Waals surface area contributed by atoms with Gasteiger partial charge in [-0.2, -0.15) is 0 Å². The van der Waals surface area contributed by atoms with Crippen molar-refractivity contribution in [1.29, 1.82) is 0 Å². The summed E-state index contributed by atoms with van der Waals surface area (Å²) < 4.78 is 2.14. The van der Waals surface area contributed by atoms with Crippen LogP contribution in [-0.4, -0.2) is 22.0 Å². The van der Waals surface area contributed by atoms with Gasteiger partial charge in [0.05, 0.1) is 6.42 Å². The van der Waals surface area contributed by atoms with Gasteiger partial charge in [0.2, 0.25) is 5.91 Å². The van der Waals surface area contributed by atoms with Crippen LogP contribution in [0.5, 0.6) is 0 Å².